The number of ether oxygens (including phenoxy) is 2. The van der Waals surface area contributed by atoms with E-state index in [1.807, 2.05) is 24.3 Å². The van der Waals surface area contributed by atoms with E-state index in [-0.39, 0.29) is 29.5 Å². The van der Waals surface area contributed by atoms with Crippen molar-refractivity contribution in [2.45, 2.75) is 44.6 Å². The number of anilines is 1. The number of piperazine rings is 1. The molecule has 2 N–H and O–H groups in total. The quantitative estimate of drug-likeness (QED) is 0.144. The number of nitro groups is 1. The lowest BCUT2D eigenvalue weighted by Gasteiger charge is -2.34. The zero-order chi connectivity index (χ0) is 28.8. The van der Waals surface area contributed by atoms with Crippen molar-refractivity contribution in [3.8, 4) is 17.0 Å². The Hall–Kier alpha value is -3.35. The van der Waals surface area contributed by atoms with Gasteiger partial charge in [0.1, 0.15) is 6.10 Å². The number of nitrogens with zero attached hydrogens (tertiary/aromatic N) is 5. The third-order valence-corrected chi connectivity index (χ3v) is 8.13. The Balaban J connectivity index is 1.14. The summed E-state index contributed by atoms with van der Waals surface area (Å²) >= 11 is 3.46. The fourth-order valence-electron chi connectivity index (χ4n) is 5.51. The number of hydrogen-bond donors (Lipinski definition) is 1. The van der Waals surface area contributed by atoms with Gasteiger partial charge in [-0.05, 0) is 44.2 Å². The maximum Gasteiger partial charge on any atom is 0.320 e. The molecule has 1 aliphatic carbocycles. The lowest BCUT2D eigenvalue weighted by atomic mass is 9.98. The number of benzene rings is 2. The van der Waals surface area contributed by atoms with E-state index in [1.54, 1.807) is 6.07 Å². The molecule has 1 saturated carbocycles. The van der Waals surface area contributed by atoms with E-state index in [9.17, 15) is 14.9 Å². The van der Waals surface area contributed by atoms with Crippen LogP contribution < -0.4 is 10.5 Å². The van der Waals surface area contributed by atoms with Gasteiger partial charge in [-0.15, -0.1) is 0 Å². The second-order valence-electron chi connectivity index (χ2n) is 10.6. The van der Waals surface area contributed by atoms with Crippen LogP contribution in [-0.2, 0) is 9.53 Å². The number of nitrogens with two attached hydrogens (primary N) is 1. The number of hydrogen-bond acceptors (Lipinski definition) is 10. The van der Waals surface area contributed by atoms with Gasteiger partial charge in [-0.3, -0.25) is 19.8 Å². The molecule has 0 amide bonds. The van der Waals surface area contributed by atoms with Crippen LogP contribution in [0.5, 0.6) is 5.75 Å². The Kier molecular flexibility index (Phi) is 9.63. The van der Waals surface area contributed by atoms with Gasteiger partial charge in [0.05, 0.1) is 29.3 Å². The van der Waals surface area contributed by atoms with Crippen molar-refractivity contribution in [2.75, 3.05) is 51.6 Å². The van der Waals surface area contributed by atoms with Gasteiger partial charge in [-0.1, -0.05) is 34.5 Å². The van der Waals surface area contributed by atoms with Crippen molar-refractivity contribution >= 4 is 44.4 Å². The number of esters is 1. The molecule has 2 aromatic carbocycles. The van der Waals surface area contributed by atoms with Gasteiger partial charge in [0, 0.05) is 60.3 Å². The molecular weight excluding hydrogens is 592 g/mol. The van der Waals surface area contributed by atoms with E-state index in [1.165, 1.54) is 12.5 Å². The summed E-state index contributed by atoms with van der Waals surface area (Å²) in [6.07, 6.45) is 6.29. The minimum Gasteiger partial charge on any atom is -0.487 e. The molecule has 0 unspecified atom stereocenters. The van der Waals surface area contributed by atoms with Crippen molar-refractivity contribution in [1.82, 2.24) is 19.8 Å². The van der Waals surface area contributed by atoms with Crippen molar-refractivity contribution in [1.29, 1.82) is 0 Å². The van der Waals surface area contributed by atoms with E-state index in [0.717, 1.165) is 68.4 Å². The van der Waals surface area contributed by atoms with Crippen LogP contribution in [0.2, 0.25) is 0 Å². The van der Waals surface area contributed by atoms with Gasteiger partial charge in [-0.25, -0.2) is 9.97 Å². The summed E-state index contributed by atoms with van der Waals surface area (Å²) in [5, 5.41) is 12.5. The van der Waals surface area contributed by atoms with Gasteiger partial charge < -0.3 is 20.1 Å². The Bertz CT molecular complexity index is 1390. The Morgan fingerprint density at radius 2 is 1.83 bits per heavy atom. The van der Waals surface area contributed by atoms with Gasteiger partial charge in [0.25, 0.3) is 0 Å². The maximum atomic E-state index is 12.3. The van der Waals surface area contributed by atoms with Crippen LogP contribution >= 0.6 is 15.9 Å². The van der Waals surface area contributed by atoms with E-state index in [0.29, 0.717) is 36.2 Å². The Morgan fingerprint density at radius 1 is 1.07 bits per heavy atom. The Labute approximate surface area is 247 Å². The summed E-state index contributed by atoms with van der Waals surface area (Å²) in [7, 11) is 0. The molecule has 0 radical (unpaired) electrons. The first-order chi connectivity index (χ1) is 19.9. The average molecular weight is 628 g/mol. The van der Waals surface area contributed by atoms with Crippen molar-refractivity contribution < 1.29 is 19.2 Å². The highest BCUT2D eigenvalue weighted by Gasteiger charge is 2.23. The second kappa shape index (κ2) is 13.5. The van der Waals surface area contributed by atoms with Gasteiger partial charge in [0.15, 0.2) is 5.75 Å². The van der Waals surface area contributed by atoms with Crippen LogP contribution in [0.25, 0.3) is 22.2 Å². The first-order valence-corrected chi connectivity index (χ1v) is 14.9. The number of aromatic nitrogens is 2. The molecule has 218 valence electrons. The topological polar surface area (TPSA) is 137 Å². The highest BCUT2D eigenvalue weighted by atomic mass is 79.9. The van der Waals surface area contributed by atoms with Crippen molar-refractivity contribution in [2.24, 2.45) is 0 Å². The molecule has 0 spiro atoms. The van der Waals surface area contributed by atoms with E-state index in [4.69, 9.17) is 15.2 Å². The zero-order valence-corrected chi connectivity index (χ0v) is 24.6. The normalized spacial score (nSPS) is 17.0. The summed E-state index contributed by atoms with van der Waals surface area (Å²) in [5.41, 5.74) is 7.61. The van der Waals surface area contributed by atoms with Gasteiger partial charge in [0.2, 0.25) is 5.95 Å². The lowest BCUT2D eigenvalue weighted by Crippen LogP contribution is -2.48. The number of rotatable bonds is 10. The minimum absolute atomic E-state index is 0.0775. The number of nitro benzene ring substituents is 1. The molecule has 41 heavy (non-hydrogen) atoms. The molecular formula is C29H35BrN6O5. The molecule has 2 aliphatic rings. The van der Waals surface area contributed by atoms with Crippen LogP contribution in [-0.4, -0.2) is 82.6 Å². The molecule has 3 aromatic rings. The third kappa shape index (κ3) is 7.69. The molecule has 1 aromatic heterocycles. The smallest absolute Gasteiger partial charge is 0.320 e. The van der Waals surface area contributed by atoms with Crippen LogP contribution in [0, 0.1) is 10.1 Å². The molecule has 0 atom stereocenters. The SMILES string of the molecule is Nc1nc(-c2cccc(Br)c2)c2cc([N+](=O)[O-])c(OCCCN3CCN(CC(=O)OC4CCCCC4)CC3)cc2n1. The summed E-state index contributed by atoms with van der Waals surface area (Å²) in [6.45, 7) is 4.76. The molecule has 12 heteroatoms. The second-order valence-corrected chi connectivity index (χ2v) is 11.5. The van der Waals surface area contributed by atoms with Crippen LogP contribution in [0.4, 0.5) is 11.6 Å². The zero-order valence-electron chi connectivity index (χ0n) is 23.0. The highest BCUT2D eigenvalue weighted by molar-refractivity contribution is 9.10. The summed E-state index contributed by atoms with van der Waals surface area (Å²) in [4.78, 5) is 37.0. The average Bonchev–Trinajstić information content (AvgIpc) is 2.95. The molecule has 2 heterocycles. The molecule has 2 fully saturated rings. The minimum atomic E-state index is -0.450. The molecule has 11 nitrogen and oxygen atoms in total. The number of carbonyl (C=O) groups excluding carboxylic acids is 1. The van der Waals surface area contributed by atoms with Gasteiger partial charge in [-0.2, -0.15) is 0 Å². The van der Waals surface area contributed by atoms with E-state index >= 15 is 0 Å². The lowest BCUT2D eigenvalue weighted by molar-refractivity contribution is -0.385. The fraction of sp³-hybridized carbons (Fsp3) is 0.483. The number of halogens is 1. The monoisotopic (exact) mass is 626 g/mol. The van der Waals surface area contributed by atoms with Crippen molar-refractivity contribution in [3.63, 3.8) is 0 Å². The predicted molar refractivity (Wildman–Crippen MR) is 160 cm³/mol. The molecule has 0 bridgehead atoms. The number of carbonyl (C=O) groups is 1. The number of nitrogen functional groups attached to an aromatic ring is 1. The van der Waals surface area contributed by atoms with E-state index < -0.39 is 4.92 Å². The molecule has 1 saturated heterocycles. The number of fused-ring (bicyclic) bond motifs is 1. The molecule has 1 aliphatic heterocycles. The van der Waals surface area contributed by atoms with Crippen LogP contribution in [0.3, 0.4) is 0 Å². The van der Waals surface area contributed by atoms with E-state index in [2.05, 4.69) is 35.7 Å². The fourth-order valence-corrected chi connectivity index (χ4v) is 5.91. The van der Waals surface area contributed by atoms with Gasteiger partial charge >= 0.3 is 11.7 Å². The first kappa shape index (κ1) is 29.2. The predicted octanol–water partition coefficient (Wildman–Crippen LogP) is 4.81. The standard InChI is InChI=1S/C29H35BrN6O5/c30-21-7-4-6-20(16-21)28-23-17-25(36(38)39)26(18-24(23)32-29(31)33-28)40-15-5-10-34-11-13-35(14-12-34)19-27(37)41-22-8-2-1-3-9-22/h4,6-7,16-18,22H,1-3,5,8-15,19H2,(H2,31,32,33). The summed E-state index contributed by atoms with van der Waals surface area (Å²) in [5.74, 6) is 0.113. The van der Waals surface area contributed by atoms with Crippen LogP contribution in [0.15, 0.2) is 40.9 Å². The largest absolute Gasteiger partial charge is 0.487 e. The maximum absolute atomic E-state index is 12.3. The molecule has 5 rings (SSSR count). The Morgan fingerprint density at radius 3 is 2.56 bits per heavy atom. The van der Waals surface area contributed by atoms with Crippen LogP contribution in [0.1, 0.15) is 38.5 Å². The third-order valence-electron chi connectivity index (χ3n) is 7.63. The first-order valence-electron chi connectivity index (χ1n) is 14.1. The summed E-state index contributed by atoms with van der Waals surface area (Å²) < 4.78 is 12.4. The summed E-state index contributed by atoms with van der Waals surface area (Å²) in [6, 6.07) is 10.5. The van der Waals surface area contributed by atoms with Crippen molar-refractivity contribution in [3.05, 3.63) is 51.0 Å². The highest BCUT2D eigenvalue weighted by Crippen LogP contribution is 2.36.